The number of hydrogen-bond acceptors (Lipinski definition) is 4. The molecule has 0 radical (unpaired) electrons. The molecule has 1 amide bonds. The fourth-order valence-electron chi connectivity index (χ4n) is 2.91. The Balaban J connectivity index is 1.71. The van der Waals surface area contributed by atoms with E-state index in [0.29, 0.717) is 23.2 Å². The van der Waals surface area contributed by atoms with Gasteiger partial charge in [0.1, 0.15) is 5.69 Å². The number of aromatic nitrogens is 2. The zero-order chi connectivity index (χ0) is 19.4. The summed E-state index contributed by atoms with van der Waals surface area (Å²) in [6.45, 7) is 6.54. The summed E-state index contributed by atoms with van der Waals surface area (Å²) in [4.78, 5) is 21.1. The van der Waals surface area contributed by atoms with Crippen molar-refractivity contribution in [3.63, 3.8) is 0 Å². The van der Waals surface area contributed by atoms with Crippen LogP contribution in [0.15, 0.2) is 48.7 Å². The number of halogens is 1. The Bertz CT molecular complexity index is 947. The molecule has 0 bridgehead atoms. The van der Waals surface area contributed by atoms with E-state index in [0.717, 1.165) is 22.4 Å². The maximum absolute atomic E-state index is 12.6. The Morgan fingerprint density at radius 3 is 2.37 bits per heavy atom. The largest absolute Gasteiger partial charge is 0.350 e. The molecule has 0 spiro atoms. The molecule has 0 aliphatic rings. The lowest BCUT2D eigenvalue weighted by Crippen LogP contribution is -2.16. The molecule has 0 saturated carbocycles. The normalized spacial score (nSPS) is 10.5. The number of rotatable bonds is 5. The summed E-state index contributed by atoms with van der Waals surface area (Å²) in [7, 11) is 0. The van der Waals surface area contributed by atoms with Crippen molar-refractivity contribution in [1.29, 1.82) is 0 Å². The van der Waals surface area contributed by atoms with Gasteiger partial charge in [0.05, 0.1) is 0 Å². The molecule has 3 aromatic rings. The lowest BCUT2D eigenvalue weighted by Gasteiger charge is -2.13. The minimum Gasteiger partial charge on any atom is -0.350 e. The van der Waals surface area contributed by atoms with Gasteiger partial charge < -0.3 is 10.6 Å². The highest BCUT2D eigenvalue weighted by molar-refractivity contribution is 6.30. The van der Waals surface area contributed by atoms with E-state index >= 15 is 0 Å². The van der Waals surface area contributed by atoms with Crippen LogP contribution in [0.3, 0.4) is 0 Å². The van der Waals surface area contributed by atoms with E-state index in [4.69, 9.17) is 11.6 Å². The number of aryl methyl sites for hydroxylation is 3. The van der Waals surface area contributed by atoms with Crippen LogP contribution in [0.4, 0.5) is 11.6 Å². The van der Waals surface area contributed by atoms with Gasteiger partial charge in [0, 0.05) is 23.5 Å². The van der Waals surface area contributed by atoms with Crippen molar-refractivity contribution in [3.8, 4) is 0 Å². The number of amides is 1. The summed E-state index contributed by atoms with van der Waals surface area (Å²) < 4.78 is 0. The Morgan fingerprint density at radius 2 is 1.70 bits per heavy atom. The van der Waals surface area contributed by atoms with E-state index < -0.39 is 0 Å². The average molecular weight is 381 g/mol. The summed E-state index contributed by atoms with van der Waals surface area (Å²) in [6, 6.07) is 13.2. The highest BCUT2D eigenvalue weighted by Crippen LogP contribution is 2.22. The van der Waals surface area contributed by atoms with E-state index in [1.165, 1.54) is 5.56 Å². The quantitative estimate of drug-likeness (QED) is 0.659. The van der Waals surface area contributed by atoms with Crippen LogP contribution in [0.2, 0.25) is 5.02 Å². The minimum absolute atomic E-state index is 0.262. The van der Waals surface area contributed by atoms with Crippen LogP contribution in [-0.4, -0.2) is 15.9 Å². The summed E-state index contributed by atoms with van der Waals surface area (Å²) >= 11 is 5.89. The van der Waals surface area contributed by atoms with Gasteiger partial charge in [-0.25, -0.2) is 9.97 Å². The molecule has 5 nitrogen and oxygen atoms in total. The van der Waals surface area contributed by atoms with Gasteiger partial charge in [-0.1, -0.05) is 41.4 Å². The Morgan fingerprint density at radius 1 is 1.04 bits per heavy atom. The predicted octanol–water partition coefficient (Wildman–Crippen LogP) is 4.92. The second-order valence-electron chi connectivity index (χ2n) is 6.47. The van der Waals surface area contributed by atoms with Crippen LogP contribution < -0.4 is 10.6 Å². The van der Waals surface area contributed by atoms with Crippen LogP contribution in [0, 0.1) is 20.8 Å². The first kappa shape index (κ1) is 18.9. The fourth-order valence-corrected chi connectivity index (χ4v) is 3.03. The number of hydrogen-bond donors (Lipinski definition) is 2. The second kappa shape index (κ2) is 8.18. The van der Waals surface area contributed by atoms with Gasteiger partial charge in [-0.2, -0.15) is 0 Å². The lowest BCUT2D eigenvalue weighted by atomic mass is 10.1. The molecule has 2 N–H and O–H groups in total. The summed E-state index contributed by atoms with van der Waals surface area (Å²) in [5.74, 6) is 0.136. The monoisotopic (exact) mass is 380 g/mol. The highest BCUT2D eigenvalue weighted by atomic mass is 35.5. The van der Waals surface area contributed by atoms with Crippen LogP contribution in [0.5, 0.6) is 0 Å². The minimum atomic E-state index is -0.262. The third-order valence-electron chi connectivity index (χ3n) is 4.17. The second-order valence-corrected chi connectivity index (χ2v) is 6.91. The van der Waals surface area contributed by atoms with E-state index in [2.05, 4.69) is 20.6 Å². The van der Waals surface area contributed by atoms with Crippen molar-refractivity contribution in [1.82, 2.24) is 9.97 Å². The molecule has 0 atom stereocenters. The number of benzene rings is 2. The number of nitrogens with zero attached hydrogens (tertiary/aromatic N) is 2. The van der Waals surface area contributed by atoms with Crippen LogP contribution in [0.25, 0.3) is 0 Å². The predicted molar refractivity (Wildman–Crippen MR) is 109 cm³/mol. The van der Waals surface area contributed by atoms with Crippen molar-refractivity contribution >= 4 is 29.1 Å². The zero-order valence-electron chi connectivity index (χ0n) is 15.5. The Kier molecular flexibility index (Phi) is 5.72. The van der Waals surface area contributed by atoms with Gasteiger partial charge in [0.25, 0.3) is 5.91 Å². The first-order valence-electron chi connectivity index (χ1n) is 8.63. The SMILES string of the molecule is Cc1cc(C)c(NC(=O)c2ccnc(NCc3ccc(Cl)cc3)n2)c(C)c1. The number of carbonyl (C=O) groups is 1. The maximum atomic E-state index is 12.6. The van der Waals surface area contributed by atoms with Crippen molar-refractivity contribution in [2.75, 3.05) is 10.6 Å². The summed E-state index contributed by atoms with van der Waals surface area (Å²) in [5, 5.41) is 6.77. The number of carbonyl (C=O) groups excluding carboxylic acids is 1. The first-order chi connectivity index (χ1) is 12.9. The van der Waals surface area contributed by atoms with Crippen molar-refractivity contribution in [3.05, 3.63) is 81.6 Å². The Labute approximate surface area is 163 Å². The molecule has 0 fully saturated rings. The number of nitrogens with one attached hydrogen (secondary N) is 2. The van der Waals surface area contributed by atoms with Crippen molar-refractivity contribution < 1.29 is 4.79 Å². The molecule has 0 saturated heterocycles. The molecule has 0 unspecified atom stereocenters. The van der Waals surface area contributed by atoms with Crippen LogP contribution >= 0.6 is 11.6 Å². The third-order valence-corrected chi connectivity index (χ3v) is 4.42. The first-order valence-corrected chi connectivity index (χ1v) is 9.01. The van der Waals surface area contributed by atoms with E-state index in [1.807, 2.05) is 57.2 Å². The topological polar surface area (TPSA) is 66.9 Å². The smallest absolute Gasteiger partial charge is 0.274 e. The van der Waals surface area contributed by atoms with Crippen LogP contribution in [0.1, 0.15) is 32.7 Å². The molecule has 6 heteroatoms. The molecule has 0 aliphatic heterocycles. The van der Waals surface area contributed by atoms with Gasteiger partial charge in [0.2, 0.25) is 5.95 Å². The molecule has 138 valence electrons. The van der Waals surface area contributed by atoms with Gasteiger partial charge in [-0.3, -0.25) is 4.79 Å². The Hall–Kier alpha value is -2.92. The van der Waals surface area contributed by atoms with E-state index in [9.17, 15) is 4.79 Å². The standard InChI is InChI=1S/C21H21ClN4O/c1-13-10-14(2)19(15(3)11-13)26-20(27)18-8-9-23-21(25-18)24-12-16-4-6-17(22)7-5-16/h4-11H,12H2,1-3H3,(H,26,27)(H,23,24,25). The molecular weight excluding hydrogens is 360 g/mol. The number of anilines is 2. The average Bonchev–Trinajstić information content (AvgIpc) is 2.64. The maximum Gasteiger partial charge on any atom is 0.274 e. The molecule has 27 heavy (non-hydrogen) atoms. The van der Waals surface area contributed by atoms with Gasteiger partial charge in [-0.15, -0.1) is 0 Å². The van der Waals surface area contributed by atoms with Crippen molar-refractivity contribution in [2.45, 2.75) is 27.3 Å². The fraction of sp³-hybridized carbons (Fsp3) is 0.190. The zero-order valence-corrected chi connectivity index (χ0v) is 16.3. The molecule has 1 heterocycles. The molecule has 0 aliphatic carbocycles. The van der Waals surface area contributed by atoms with Gasteiger partial charge in [0.15, 0.2) is 0 Å². The van der Waals surface area contributed by atoms with E-state index in [1.54, 1.807) is 12.3 Å². The summed E-state index contributed by atoms with van der Waals surface area (Å²) in [6.07, 6.45) is 1.57. The molecular formula is C21H21ClN4O. The molecule has 3 rings (SSSR count). The molecule has 1 aromatic heterocycles. The third kappa shape index (κ3) is 4.83. The lowest BCUT2D eigenvalue weighted by molar-refractivity contribution is 0.102. The summed E-state index contributed by atoms with van der Waals surface area (Å²) in [5.41, 5.74) is 5.39. The highest BCUT2D eigenvalue weighted by Gasteiger charge is 2.12. The van der Waals surface area contributed by atoms with Gasteiger partial charge >= 0.3 is 0 Å². The van der Waals surface area contributed by atoms with E-state index in [-0.39, 0.29) is 5.91 Å². The molecule has 2 aromatic carbocycles. The van der Waals surface area contributed by atoms with Crippen LogP contribution in [-0.2, 0) is 6.54 Å². The van der Waals surface area contributed by atoms with Gasteiger partial charge in [-0.05, 0) is 55.7 Å². The van der Waals surface area contributed by atoms with Crippen molar-refractivity contribution in [2.24, 2.45) is 0 Å².